The number of rotatable bonds is 5. The maximum atomic E-state index is 11.6. The first-order valence-electron chi connectivity index (χ1n) is 6.93. The summed E-state index contributed by atoms with van der Waals surface area (Å²) in [5.41, 5.74) is 0.000325. The fourth-order valence-electron chi connectivity index (χ4n) is 1.69. The van der Waals surface area contributed by atoms with Gasteiger partial charge >= 0.3 is 0 Å². The van der Waals surface area contributed by atoms with Gasteiger partial charge in [0.1, 0.15) is 12.4 Å². The van der Waals surface area contributed by atoms with Crippen LogP contribution in [0.1, 0.15) is 20.8 Å². The summed E-state index contributed by atoms with van der Waals surface area (Å²) in [5, 5.41) is 2.77. The number of benzene rings is 1. The highest BCUT2D eigenvalue weighted by Gasteiger charge is 2.13. The number of fused-ring (bicyclic) bond motifs is 1. The Hall–Kier alpha value is -2.17. The predicted molar refractivity (Wildman–Crippen MR) is 79.7 cm³/mol. The van der Waals surface area contributed by atoms with Crippen LogP contribution in [0, 0.1) is 5.41 Å². The SMILES string of the molecule is CC(C)(C)/C=C/C(=O)NCCOc1ccc2c(c1)OCO2. The van der Waals surface area contributed by atoms with E-state index in [2.05, 4.69) is 5.32 Å². The van der Waals surface area contributed by atoms with E-state index in [9.17, 15) is 4.79 Å². The van der Waals surface area contributed by atoms with Gasteiger partial charge in [0.05, 0.1) is 6.54 Å². The number of nitrogens with one attached hydrogen (secondary N) is 1. The second kappa shape index (κ2) is 6.52. The predicted octanol–water partition coefficient (Wildman–Crippen LogP) is 2.51. The van der Waals surface area contributed by atoms with Gasteiger partial charge in [0, 0.05) is 6.07 Å². The Bertz CT molecular complexity index is 532. The third kappa shape index (κ3) is 5.02. The molecule has 0 aliphatic carbocycles. The van der Waals surface area contributed by atoms with E-state index in [0.29, 0.717) is 24.7 Å². The molecule has 114 valence electrons. The molecule has 0 saturated heterocycles. The molecule has 1 amide bonds. The molecule has 2 rings (SSSR count). The van der Waals surface area contributed by atoms with Crippen molar-refractivity contribution in [1.82, 2.24) is 5.32 Å². The van der Waals surface area contributed by atoms with E-state index in [1.54, 1.807) is 12.1 Å². The van der Waals surface area contributed by atoms with Crippen molar-refractivity contribution < 1.29 is 19.0 Å². The minimum Gasteiger partial charge on any atom is -0.492 e. The molecule has 5 heteroatoms. The van der Waals surface area contributed by atoms with Crippen molar-refractivity contribution >= 4 is 5.91 Å². The van der Waals surface area contributed by atoms with E-state index in [4.69, 9.17) is 14.2 Å². The van der Waals surface area contributed by atoms with Crippen LogP contribution in [0.5, 0.6) is 17.2 Å². The van der Waals surface area contributed by atoms with Crippen LogP contribution in [0.2, 0.25) is 0 Å². The van der Waals surface area contributed by atoms with Gasteiger partial charge in [-0.05, 0) is 23.6 Å². The zero-order valence-corrected chi connectivity index (χ0v) is 12.6. The van der Waals surface area contributed by atoms with Crippen LogP contribution < -0.4 is 19.5 Å². The smallest absolute Gasteiger partial charge is 0.243 e. The van der Waals surface area contributed by atoms with Crippen LogP contribution in [-0.4, -0.2) is 25.9 Å². The van der Waals surface area contributed by atoms with Gasteiger partial charge in [-0.1, -0.05) is 26.8 Å². The highest BCUT2D eigenvalue weighted by Crippen LogP contribution is 2.34. The number of hydrogen-bond acceptors (Lipinski definition) is 4. The molecule has 5 nitrogen and oxygen atoms in total. The van der Waals surface area contributed by atoms with Crippen molar-refractivity contribution in [3.63, 3.8) is 0 Å². The largest absolute Gasteiger partial charge is 0.492 e. The van der Waals surface area contributed by atoms with Crippen LogP contribution in [-0.2, 0) is 4.79 Å². The Morgan fingerprint density at radius 3 is 2.86 bits per heavy atom. The summed E-state index contributed by atoms with van der Waals surface area (Å²) < 4.78 is 16.0. The number of allylic oxidation sites excluding steroid dienone is 1. The molecule has 0 spiro atoms. The quantitative estimate of drug-likeness (QED) is 0.669. The molecule has 21 heavy (non-hydrogen) atoms. The average molecular weight is 291 g/mol. The lowest BCUT2D eigenvalue weighted by Gasteiger charge is -2.11. The highest BCUT2D eigenvalue weighted by atomic mass is 16.7. The Morgan fingerprint density at radius 2 is 2.10 bits per heavy atom. The third-order valence-electron chi connectivity index (χ3n) is 2.75. The summed E-state index contributed by atoms with van der Waals surface area (Å²) >= 11 is 0. The minimum atomic E-state index is -0.112. The number of carbonyl (C=O) groups excluding carboxylic acids is 1. The standard InChI is InChI=1S/C16H21NO4/c1-16(2,3)7-6-15(18)17-8-9-19-12-4-5-13-14(10-12)21-11-20-13/h4-7,10H,8-9,11H2,1-3H3,(H,17,18)/b7-6+. The molecule has 0 aromatic heterocycles. The molecule has 0 radical (unpaired) electrons. The van der Waals surface area contributed by atoms with Gasteiger partial charge in [-0.25, -0.2) is 0 Å². The van der Waals surface area contributed by atoms with Gasteiger partial charge < -0.3 is 19.5 Å². The summed E-state index contributed by atoms with van der Waals surface area (Å²) in [6.07, 6.45) is 3.43. The van der Waals surface area contributed by atoms with Crippen molar-refractivity contribution in [2.24, 2.45) is 5.41 Å². The van der Waals surface area contributed by atoms with Gasteiger partial charge in [0.2, 0.25) is 12.7 Å². The fraction of sp³-hybridized carbons (Fsp3) is 0.438. The van der Waals surface area contributed by atoms with E-state index in [0.717, 1.165) is 5.75 Å². The van der Waals surface area contributed by atoms with Crippen molar-refractivity contribution in [1.29, 1.82) is 0 Å². The minimum absolute atomic E-state index is 0.000325. The van der Waals surface area contributed by atoms with Crippen molar-refractivity contribution in [2.75, 3.05) is 19.9 Å². The van der Waals surface area contributed by atoms with Crippen LogP contribution >= 0.6 is 0 Å². The first kappa shape index (κ1) is 15.2. The van der Waals surface area contributed by atoms with E-state index >= 15 is 0 Å². The Balaban J connectivity index is 1.70. The molecular formula is C16H21NO4. The van der Waals surface area contributed by atoms with Crippen molar-refractivity contribution in [2.45, 2.75) is 20.8 Å². The normalized spacial score (nSPS) is 13.5. The summed E-state index contributed by atoms with van der Waals surface area (Å²) in [7, 11) is 0. The number of ether oxygens (including phenoxy) is 3. The summed E-state index contributed by atoms with van der Waals surface area (Å²) in [6, 6.07) is 5.40. The molecular weight excluding hydrogens is 270 g/mol. The Morgan fingerprint density at radius 1 is 1.33 bits per heavy atom. The van der Waals surface area contributed by atoms with Gasteiger partial charge in [-0.15, -0.1) is 0 Å². The number of carbonyl (C=O) groups is 1. The van der Waals surface area contributed by atoms with Crippen LogP contribution in [0.3, 0.4) is 0 Å². The summed E-state index contributed by atoms with van der Waals surface area (Å²) in [4.78, 5) is 11.6. The molecule has 0 atom stereocenters. The maximum Gasteiger partial charge on any atom is 0.243 e. The third-order valence-corrected chi connectivity index (χ3v) is 2.75. The van der Waals surface area contributed by atoms with Gasteiger partial charge in [-0.2, -0.15) is 0 Å². The molecule has 1 heterocycles. The molecule has 0 bridgehead atoms. The molecule has 0 saturated carbocycles. The number of hydrogen-bond donors (Lipinski definition) is 1. The maximum absolute atomic E-state index is 11.6. The Kier molecular flexibility index (Phi) is 4.73. The monoisotopic (exact) mass is 291 g/mol. The summed E-state index contributed by atoms with van der Waals surface area (Å²) in [6.45, 7) is 7.21. The van der Waals surface area contributed by atoms with Crippen LogP contribution in [0.25, 0.3) is 0 Å². The average Bonchev–Trinajstić information content (AvgIpc) is 2.88. The Labute approximate surface area is 124 Å². The molecule has 1 aromatic carbocycles. The molecule has 0 unspecified atom stereocenters. The first-order chi connectivity index (χ1) is 9.94. The van der Waals surface area contributed by atoms with Gasteiger partial charge in [-0.3, -0.25) is 4.79 Å². The topological polar surface area (TPSA) is 56.8 Å². The highest BCUT2D eigenvalue weighted by molar-refractivity contribution is 5.87. The molecule has 0 fully saturated rings. The second-order valence-corrected chi connectivity index (χ2v) is 5.85. The number of amides is 1. The van der Waals surface area contributed by atoms with Gasteiger partial charge in [0.15, 0.2) is 11.5 Å². The molecule has 1 aromatic rings. The van der Waals surface area contributed by atoms with E-state index < -0.39 is 0 Å². The lowest BCUT2D eigenvalue weighted by atomic mass is 9.96. The van der Waals surface area contributed by atoms with E-state index in [1.165, 1.54) is 0 Å². The molecule has 1 aliphatic heterocycles. The van der Waals surface area contributed by atoms with Gasteiger partial charge in [0.25, 0.3) is 0 Å². The second-order valence-electron chi connectivity index (χ2n) is 5.85. The lowest BCUT2D eigenvalue weighted by Crippen LogP contribution is -2.26. The zero-order valence-electron chi connectivity index (χ0n) is 12.6. The van der Waals surface area contributed by atoms with Crippen LogP contribution in [0.15, 0.2) is 30.4 Å². The van der Waals surface area contributed by atoms with E-state index in [1.807, 2.05) is 39.0 Å². The zero-order chi connectivity index (χ0) is 15.3. The molecule has 1 N–H and O–H groups in total. The summed E-state index contributed by atoms with van der Waals surface area (Å²) in [5.74, 6) is 1.99. The lowest BCUT2D eigenvalue weighted by molar-refractivity contribution is -0.116. The first-order valence-corrected chi connectivity index (χ1v) is 6.93. The van der Waals surface area contributed by atoms with E-state index in [-0.39, 0.29) is 18.1 Å². The van der Waals surface area contributed by atoms with Crippen LogP contribution in [0.4, 0.5) is 0 Å². The van der Waals surface area contributed by atoms with Crippen molar-refractivity contribution in [3.05, 3.63) is 30.4 Å². The fourth-order valence-corrected chi connectivity index (χ4v) is 1.69. The van der Waals surface area contributed by atoms with Crippen molar-refractivity contribution in [3.8, 4) is 17.2 Å². The molecule has 1 aliphatic rings.